The van der Waals surface area contributed by atoms with Gasteiger partial charge in [-0.05, 0) is 31.2 Å². The van der Waals surface area contributed by atoms with E-state index in [2.05, 4.69) is 9.97 Å². The normalized spacial score (nSPS) is 10.2. The molecule has 0 aromatic carbocycles. The Morgan fingerprint density at radius 2 is 2.16 bits per heavy atom. The topological polar surface area (TPSA) is 72.3 Å². The minimum atomic E-state index is -1.09. The molecule has 1 N–H and O–H groups in total. The molecule has 0 radical (unpaired) electrons. The molecule has 0 aliphatic rings. The summed E-state index contributed by atoms with van der Waals surface area (Å²) >= 11 is 0. The molecule has 19 heavy (non-hydrogen) atoms. The monoisotopic (exact) mass is 258 g/mol. The fourth-order valence-corrected chi connectivity index (χ4v) is 1.63. The van der Waals surface area contributed by atoms with Gasteiger partial charge in [-0.15, -0.1) is 0 Å². The lowest BCUT2D eigenvalue weighted by Crippen LogP contribution is -2.09. The van der Waals surface area contributed by atoms with Crippen LogP contribution in [0.5, 0.6) is 5.75 Å². The molecule has 0 saturated heterocycles. The SMILES string of the molecule is Cc1ccc(OCCc2ccccn2)c(C(=O)O)n1. The second kappa shape index (κ2) is 5.95. The van der Waals surface area contributed by atoms with Gasteiger partial charge in [-0.25, -0.2) is 9.78 Å². The standard InChI is InChI=1S/C14H14N2O3/c1-10-5-6-12(13(16-10)14(17)18)19-9-7-11-4-2-3-8-15-11/h2-6,8H,7,9H2,1H3,(H,17,18). The molecule has 0 aliphatic carbocycles. The lowest BCUT2D eigenvalue weighted by atomic mass is 10.2. The van der Waals surface area contributed by atoms with E-state index in [0.717, 1.165) is 5.69 Å². The van der Waals surface area contributed by atoms with Gasteiger partial charge in [-0.2, -0.15) is 0 Å². The van der Waals surface area contributed by atoms with Crippen LogP contribution in [0.25, 0.3) is 0 Å². The van der Waals surface area contributed by atoms with E-state index >= 15 is 0 Å². The Hall–Kier alpha value is -2.43. The van der Waals surface area contributed by atoms with Gasteiger partial charge in [-0.3, -0.25) is 4.98 Å². The number of aromatic nitrogens is 2. The van der Waals surface area contributed by atoms with E-state index in [4.69, 9.17) is 9.84 Å². The number of hydrogen-bond donors (Lipinski definition) is 1. The molecule has 0 spiro atoms. The first-order chi connectivity index (χ1) is 9.16. The molecule has 5 nitrogen and oxygen atoms in total. The van der Waals surface area contributed by atoms with Crippen molar-refractivity contribution in [3.05, 3.63) is 53.6 Å². The largest absolute Gasteiger partial charge is 0.491 e. The first kappa shape index (κ1) is 13.0. The van der Waals surface area contributed by atoms with E-state index in [1.54, 1.807) is 25.3 Å². The summed E-state index contributed by atoms with van der Waals surface area (Å²) in [6.07, 6.45) is 2.33. The summed E-state index contributed by atoms with van der Waals surface area (Å²) in [6, 6.07) is 9.00. The maximum Gasteiger partial charge on any atom is 0.358 e. The lowest BCUT2D eigenvalue weighted by Gasteiger charge is -2.08. The third-order valence-corrected chi connectivity index (χ3v) is 2.54. The maximum atomic E-state index is 11.1. The van der Waals surface area contributed by atoms with Gasteiger partial charge in [0.25, 0.3) is 0 Å². The smallest absolute Gasteiger partial charge is 0.358 e. The van der Waals surface area contributed by atoms with Crippen LogP contribution in [0.4, 0.5) is 0 Å². The zero-order valence-electron chi connectivity index (χ0n) is 10.5. The third kappa shape index (κ3) is 3.51. The highest BCUT2D eigenvalue weighted by atomic mass is 16.5. The van der Waals surface area contributed by atoms with E-state index in [0.29, 0.717) is 18.7 Å². The Balaban J connectivity index is 2.02. The van der Waals surface area contributed by atoms with Gasteiger partial charge in [0.15, 0.2) is 11.4 Å². The average molecular weight is 258 g/mol. The Bertz CT molecular complexity index is 570. The van der Waals surface area contributed by atoms with Crippen LogP contribution in [0.1, 0.15) is 21.9 Å². The van der Waals surface area contributed by atoms with Crippen LogP contribution in [0, 0.1) is 6.92 Å². The number of hydrogen-bond acceptors (Lipinski definition) is 4. The maximum absolute atomic E-state index is 11.1. The number of carboxylic acids is 1. The van der Waals surface area contributed by atoms with Crippen LogP contribution in [0.15, 0.2) is 36.5 Å². The zero-order valence-corrected chi connectivity index (χ0v) is 10.5. The molecule has 2 rings (SSSR count). The van der Waals surface area contributed by atoms with Crippen LogP contribution in [-0.4, -0.2) is 27.7 Å². The first-order valence-corrected chi connectivity index (χ1v) is 5.90. The van der Waals surface area contributed by atoms with Crippen LogP contribution < -0.4 is 4.74 Å². The number of carboxylic acid groups (broad SMARTS) is 1. The molecular formula is C14H14N2O3. The quantitative estimate of drug-likeness (QED) is 0.889. The highest BCUT2D eigenvalue weighted by Gasteiger charge is 2.13. The van der Waals surface area contributed by atoms with Crippen molar-refractivity contribution in [2.45, 2.75) is 13.3 Å². The van der Waals surface area contributed by atoms with E-state index in [1.165, 1.54) is 0 Å². The van der Waals surface area contributed by atoms with Gasteiger partial charge in [0, 0.05) is 24.0 Å². The molecule has 0 fully saturated rings. The van der Waals surface area contributed by atoms with Gasteiger partial charge in [-0.1, -0.05) is 6.07 Å². The second-order valence-corrected chi connectivity index (χ2v) is 4.02. The molecule has 0 amide bonds. The number of pyridine rings is 2. The highest BCUT2D eigenvalue weighted by molar-refractivity contribution is 5.88. The number of aromatic carboxylic acids is 1. The fraction of sp³-hybridized carbons (Fsp3) is 0.214. The number of ether oxygens (including phenoxy) is 1. The molecular weight excluding hydrogens is 244 g/mol. The zero-order chi connectivity index (χ0) is 13.7. The van der Waals surface area contributed by atoms with E-state index < -0.39 is 5.97 Å². The molecule has 0 aliphatic heterocycles. The fourth-order valence-electron chi connectivity index (χ4n) is 1.63. The summed E-state index contributed by atoms with van der Waals surface area (Å²) in [5, 5.41) is 9.05. The summed E-state index contributed by atoms with van der Waals surface area (Å²) in [7, 11) is 0. The minimum Gasteiger partial charge on any atom is -0.491 e. The highest BCUT2D eigenvalue weighted by Crippen LogP contribution is 2.17. The molecule has 2 aromatic rings. The number of nitrogens with zero attached hydrogens (tertiary/aromatic N) is 2. The summed E-state index contributed by atoms with van der Waals surface area (Å²) in [5.41, 5.74) is 1.50. The van der Waals surface area contributed by atoms with Crippen LogP contribution in [-0.2, 0) is 6.42 Å². The molecule has 0 saturated carbocycles. The van der Waals surface area contributed by atoms with Gasteiger partial charge in [0.05, 0.1) is 6.61 Å². The minimum absolute atomic E-state index is 0.0546. The molecule has 0 unspecified atom stereocenters. The van der Waals surface area contributed by atoms with Crippen LogP contribution >= 0.6 is 0 Å². The van der Waals surface area contributed by atoms with Crippen molar-refractivity contribution < 1.29 is 14.6 Å². The predicted octanol–water partition coefficient (Wildman–Crippen LogP) is 2.10. The lowest BCUT2D eigenvalue weighted by molar-refractivity contribution is 0.0685. The summed E-state index contributed by atoms with van der Waals surface area (Å²) in [6.45, 7) is 2.10. The van der Waals surface area contributed by atoms with Gasteiger partial charge < -0.3 is 9.84 Å². The number of rotatable bonds is 5. The predicted molar refractivity (Wildman–Crippen MR) is 69.4 cm³/mol. The van der Waals surface area contributed by atoms with Gasteiger partial charge in [0.1, 0.15) is 0 Å². The van der Waals surface area contributed by atoms with Gasteiger partial charge in [0.2, 0.25) is 0 Å². The van der Waals surface area contributed by atoms with E-state index in [9.17, 15) is 4.79 Å². The summed E-state index contributed by atoms with van der Waals surface area (Å²) in [4.78, 5) is 19.2. The first-order valence-electron chi connectivity index (χ1n) is 5.90. The van der Waals surface area contributed by atoms with Crippen molar-refractivity contribution in [1.82, 2.24) is 9.97 Å². The number of aryl methyl sites for hydroxylation is 1. The molecule has 2 aromatic heterocycles. The summed E-state index contributed by atoms with van der Waals surface area (Å²) in [5.74, 6) is -0.800. The molecule has 0 bridgehead atoms. The molecule has 2 heterocycles. The van der Waals surface area contributed by atoms with Crippen LogP contribution in [0.3, 0.4) is 0 Å². The van der Waals surface area contributed by atoms with Crippen LogP contribution in [0.2, 0.25) is 0 Å². The molecule has 98 valence electrons. The Morgan fingerprint density at radius 1 is 1.32 bits per heavy atom. The second-order valence-electron chi connectivity index (χ2n) is 4.02. The number of carbonyl (C=O) groups is 1. The molecule has 5 heteroatoms. The van der Waals surface area contributed by atoms with Crippen molar-refractivity contribution in [2.75, 3.05) is 6.61 Å². The Labute approximate surface area is 110 Å². The van der Waals surface area contributed by atoms with Crippen molar-refractivity contribution in [2.24, 2.45) is 0 Å². The Kier molecular flexibility index (Phi) is 4.07. The average Bonchev–Trinajstić information content (AvgIpc) is 2.41. The van der Waals surface area contributed by atoms with Crippen molar-refractivity contribution in [1.29, 1.82) is 0 Å². The van der Waals surface area contributed by atoms with Crippen molar-refractivity contribution in [3.63, 3.8) is 0 Å². The van der Waals surface area contributed by atoms with E-state index in [-0.39, 0.29) is 11.4 Å². The van der Waals surface area contributed by atoms with Gasteiger partial charge >= 0.3 is 5.97 Å². The third-order valence-electron chi connectivity index (χ3n) is 2.54. The van der Waals surface area contributed by atoms with Crippen molar-refractivity contribution >= 4 is 5.97 Å². The summed E-state index contributed by atoms with van der Waals surface area (Å²) < 4.78 is 5.47. The van der Waals surface area contributed by atoms with E-state index in [1.807, 2.05) is 18.2 Å². The Morgan fingerprint density at radius 3 is 2.84 bits per heavy atom. The molecule has 0 atom stereocenters. The van der Waals surface area contributed by atoms with Crippen molar-refractivity contribution in [3.8, 4) is 5.75 Å².